The van der Waals surface area contributed by atoms with Gasteiger partial charge in [-0.3, -0.25) is 4.79 Å². The molecule has 1 N–H and O–H groups in total. The summed E-state index contributed by atoms with van der Waals surface area (Å²) >= 11 is 0. The van der Waals surface area contributed by atoms with Gasteiger partial charge in [-0.05, 0) is 70.4 Å². The number of esters is 1. The Labute approximate surface area is 233 Å². The lowest BCUT2D eigenvalue weighted by molar-refractivity contribution is -0.160. The molecule has 0 aliphatic carbocycles. The first-order valence-electron chi connectivity index (χ1n) is 13.3. The molecule has 1 aromatic carbocycles. The fourth-order valence-electron chi connectivity index (χ4n) is 4.16. The molecule has 11 heteroatoms. The van der Waals surface area contributed by atoms with Crippen molar-refractivity contribution in [2.24, 2.45) is 0 Å². The van der Waals surface area contributed by atoms with Crippen LogP contribution in [-0.2, 0) is 19.0 Å². The monoisotopic (exact) mass is 552 g/mol. The van der Waals surface area contributed by atoms with E-state index in [4.69, 9.17) is 23.7 Å². The summed E-state index contributed by atoms with van der Waals surface area (Å²) in [7, 11) is 1.51. The maximum atomic E-state index is 13.1. The van der Waals surface area contributed by atoms with Gasteiger partial charge in [0.25, 0.3) is 5.91 Å². The molecule has 40 heavy (non-hydrogen) atoms. The molecular formula is C29H36N4O7. The van der Waals surface area contributed by atoms with Crippen LogP contribution in [0.2, 0.25) is 0 Å². The quantitative estimate of drug-likeness (QED) is 0.268. The van der Waals surface area contributed by atoms with Crippen LogP contribution in [0, 0.1) is 0 Å². The number of amides is 1. The van der Waals surface area contributed by atoms with Crippen LogP contribution in [0.3, 0.4) is 0 Å². The number of hydrogen-bond donors (Lipinski definition) is 1. The Bertz CT molecular complexity index is 1300. The largest absolute Gasteiger partial charge is 0.494 e. The summed E-state index contributed by atoms with van der Waals surface area (Å²) in [6.07, 6.45) is 4.58. The van der Waals surface area contributed by atoms with Gasteiger partial charge >= 0.3 is 5.97 Å². The number of anilines is 1. The second kappa shape index (κ2) is 13.4. The number of rotatable bonds is 11. The van der Waals surface area contributed by atoms with Gasteiger partial charge in [-0.2, -0.15) is 5.10 Å². The van der Waals surface area contributed by atoms with Crippen molar-refractivity contribution in [2.45, 2.75) is 51.9 Å². The lowest BCUT2D eigenvalue weighted by Gasteiger charge is -2.24. The van der Waals surface area contributed by atoms with Crippen molar-refractivity contribution in [3.05, 3.63) is 54.4 Å². The van der Waals surface area contributed by atoms with Gasteiger partial charge in [-0.1, -0.05) is 6.07 Å². The Morgan fingerprint density at radius 2 is 1.98 bits per heavy atom. The van der Waals surface area contributed by atoms with E-state index in [1.807, 2.05) is 16.8 Å². The summed E-state index contributed by atoms with van der Waals surface area (Å²) in [4.78, 5) is 29.4. The van der Waals surface area contributed by atoms with Crippen LogP contribution in [0.4, 0.5) is 5.69 Å². The molecule has 214 valence electrons. The summed E-state index contributed by atoms with van der Waals surface area (Å²) in [5, 5.41) is 7.29. The normalized spacial score (nSPS) is 15.3. The molecule has 1 amide bonds. The molecule has 0 saturated carbocycles. The molecule has 0 spiro atoms. The van der Waals surface area contributed by atoms with Crippen LogP contribution >= 0.6 is 0 Å². The Morgan fingerprint density at radius 3 is 2.73 bits per heavy atom. The van der Waals surface area contributed by atoms with Crippen LogP contribution in [0.25, 0.3) is 11.4 Å². The fourth-order valence-corrected chi connectivity index (χ4v) is 4.16. The van der Waals surface area contributed by atoms with Crippen molar-refractivity contribution in [1.82, 2.24) is 14.8 Å². The van der Waals surface area contributed by atoms with E-state index >= 15 is 0 Å². The van der Waals surface area contributed by atoms with Crippen molar-refractivity contribution in [3.8, 4) is 22.9 Å². The number of pyridine rings is 1. The van der Waals surface area contributed by atoms with Gasteiger partial charge < -0.3 is 29.0 Å². The molecule has 0 bridgehead atoms. The number of aromatic nitrogens is 3. The van der Waals surface area contributed by atoms with E-state index in [0.717, 1.165) is 25.0 Å². The molecule has 1 fully saturated rings. The standard InChI is InChI=1S/C29H36N4O7/c1-29(2,3)40-27(34)19-37-16-17-38-20-11-12-22(25(18-20)36-4)32-28(35)23-9-7-8-21(31-23)24-13-14-30-33(24)26-10-5-6-15-39-26/h7-9,11-14,18,26H,5-6,10,15-17,19H2,1-4H3,(H,32,35). The number of benzene rings is 1. The second-order valence-electron chi connectivity index (χ2n) is 10.2. The Balaban J connectivity index is 1.34. The number of nitrogens with zero attached hydrogens (tertiary/aromatic N) is 3. The number of carbonyl (C=O) groups excluding carboxylic acids is 2. The molecule has 3 heterocycles. The van der Waals surface area contributed by atoms with Gasteiger partial charge in [0.15, 0.2) is 6.23 Å². The minimum atomic E-state index is -0.558. The number of carbonyl (C=O) groups is 2. The van der Waals surface area contributed by atoms with E-state index in [1.165, 1.54) is 7.11 Å². The summed E-state index contributed by atoms with van der Waals surface area (Å²) in [5.74, 6) is 0.126. The molecular weight excluding hydrogens is 516 g/mol. The first kappa shape index (κ1) is 29.0. The summed E-state index contributed by atoms with van der Waals surface area (Å²) in [6, 6.07) is 12.2. The first-order valence-corrected chi connectivity index (χ1v) is 13.3. The van der Waals surface area contributed by atoms with E-state index in [9.17, 15) is 9.59 Å². The van der Waals surface area contributed by atoms with Crippen molar-refractivity contribution in [3.63, 3.8) is 0 Å². The van der Waals surface area contributed by atoms with Crippen LogP contribution in [-0.4, -0.2) is 65.8 Å². The van der Waals surface area contributed by atoms with Gasteiger partial charge in [0.2, 0.25) is 0 Å². The van der Waals surface area contributed by atoms with Crippen LogP contribution in [0.15, 0.2) is 48.7 Å². The highest BCUT2D eigenvalue weighted by atomic mass is 16.6. The third kappa shape index (κ3) is 8.03. The van der Waals surface area contributed by atoms with E-state index < -0.39 is 11.6 Å². The molecule has 1 atom stereocenters. The lowest BCUT2D eigenvalue weighted by atomic mass is 10.1. The molecule has 2 aromatic heterocycles. The lowest BCUT2D eigenvalue weighted by Crippen LogP contribution is -2.27. The van der Waals surface area contributed by atoms with Gasteiger partial charge in [0.1, 0.15) is 36.0 Å². The van der Waals surface area contributed by atoms with Crippen LogP contribution in [0.5, 0.6) is 11.5 Å². The van der Waals surface area contributed by atoms with Crippen molar-refractivity contribution in [1.29, 1.82) is 0 Å². The molecule has 1 unspecified atom stereocenters. The van der Waals surface area contributed by atoms with Crippen molar-refractivity contribution < 1.29 is 33.3 Å². The summed E-state index contributed by atoms with van der Waals surface area (Å²) in [5.41, 5.74) is 1.57. The van der Waals surface area contributed by atoms with Gasteiger partial charge in [0, 0.05) is 18.9 Å². The average molecular weight is 553 g/mol. The Hall–Kier alpha value is -3.96. The van der Waals surface area contributed by atoms with E-state index in [2.05, 4.69) is 15.4 Å². The maximum Gasteiger partial charge on any atom is 0.332 e. The number of nitrogens with one attached hydrogen (secondary N) is 1. The zero-order chi connectivity index (χ0) is 28.5. The minimum absolute atomic E-state index is 0.139. The number of hydrogen-bond acceptors (Lipinski definition) is 9. The SMILES string of the molecule is COc1cc(OCCOCC(=O)OC(C)(C)C)ccc1NC(=O)c1cccc(-c2ccnn2C2CCCCO2)n1. The Kier molecular flexibility index (Phi) is 9.73. The molecule has 11 nitrogen and oxygen atoms in total. The predicted octanol–water partition coefficient (Wildman–Crippen LogP) is 4.64. The molecule has 4 rings (SSSR count). The zero-order valence-electron chi connectivity index (χ0n) is 23.3. The zero-order valence-corrected chi connectivity index (χ0v) is 23.3. The van der Waals surface area contributed by atoms with E-state index in [-0.39, 0.29) is 37.6 Å². The van der Waals surface area contributed by atoms with E-state index in [0.29, 0.717) is 29.5 Å². The Morgan fingerprint density at radius 1 is 1.12 bits per heavy atom. The van der Waals surface area contributed by atoms with Crippen molar-refractivity contribution >= 4 is 17.6 Å². The smallest absolute Gasteiger partial charge is 0.332 e. The van der Waals surface area contributed by atoms with Gasteiger partial charge in [0.05, 0.1) is 30.8 Å². The van der Waals surface area contributed by atoms with Gasteiger partial charge in [-0.25, -0.2) is 14.5 Å². The van der Waals surface area contributed by atoms with Gasteiger partial charge in [-0.15, -0.1) is 0 Å². The van der Waals surface area contributed by atoms with Crippen LogP contribution < -0.4 is 14.8 Å². The highest BCUT2D eigenvalue weighted by molar-refractivity contribution is 6.04. The topological polar surface area (TPSA) is 123 Å². The predicted molar refractivity (Wildman–Crippen MR) is 147 cm³/mol. The highest BCUT2D eigenvalue weighted by Gasteiger charge is 2.21. The highest BCUT2D eigenvalue weighted by Crippen LogP contribution is 2.30. The molecule has 0 radical (unpaired) electrons. The maximum absolute atomic E-state index is 13.1. The molecule has 1 aliphatic heterocycles. The second-order valence-corrected chi connectivity index (χ2v) is 10.2. The average Bonchev–Trinajstić information content (AvgIpc) is 3.43. The first-order chi connectivity index (χ1) is 19.2. The summed E-state index contributed by atoms with van der Waals surface area (Å²) < 4.78 is 29.4. The van der Waals surface area contributed by atoms with Crippen molar-refractivity contribution in [2.75, 3.05) is 38.9 Å². The number of ether oxygens (including phenoxy) is 5. The molecule has 1 saturated heterocycles. The third-order valence-electron chi connectivity index (χ3n) is 5.90. The number of methoxy groups -OCH3 is 1. The fraction of sp³-hybridized carbons (Fsp3) is 0.448. The summed E-state index contributed by atoms with van der Waals surface area (Å²) in [6.45, 7) is 6.36. The minimum Gasteiger partial charge on any atom is -0.494 e. The molecule has 3 aromatic rings. The van der Waals surface area contributed by atoms with Crippen LogP contribution in [0.1, 0.15) is 56.8 Å². The third-order valence-corrected chi connectivity index (χ3v) is 5.90. The molecule has 1 aliphatic rings. The van der Waals surface area contributed by atoms with E-state index in [1.54, 1.807) is 57.3 Å².